The number of nitrogens with two attached hydrogens (primary N) is 1. The highest BCUT2D eigenvalue weighted by molar-refractivity contribution is 7.08. The summed E-state index contributed by atoms with van der Waals surface area (Å²) in [5.74, 6) is -4.52. The van der Waals surface area contributed by atoms with Gasteiger partial charge < -0.3 is 19.9 Å². The molecule has 0 amide bonds. The van der Waals surface area contributed by atoms with E-state index in [-0.39, 0.29) is 23.4 Å². The molecule has 0 saturated heterocycles. The Kier molecular flexibility index (Phi) is 7.44. The Morgan fingerprint density at radius 2 is 1.77 bits per heavy atom. The lowest BCUT2D eigenvalue weighted by Crippen LogP contribution is -2.46. The molecule has 2 heterocycles. The van der Waals surface area contributed by atoms with E-state index in [1.807, 2.05) is 10.8 Å². The van der Waals surface area contributed by atoms with Crippen molar-refractivity contribution in [2.24, 2.45) is 11.7 Å². The number of carbonyl (C=O) groups is 3. The third kappa shape index (κ3) is 4.54. The molecule has 1 aliphatic carbocycles. The van der Waals surface area contributed by atoms with E-state index >= 15 is 0 Å². The van der Waals surface area contributed by atoms with Crippen molar-refractivity contribution in [3.8, 4) is 5.75 Å². The fraction of sp³-hybridized carbons (Fsp3) is 0.233. The number of esters is 2. The summed E-state index contributed by atoms with van der Waals surface area (Å²) >= 11 is 1.39. The van der Waals surface area contributed by atoms with Crippen molar-refractivity contribution in [3.63, 3.8) is 0 Å². The molecule has 3 atom stereocenters. The van der Waals surface area contributed by atoms with Gasteiger partial charge in [-0.2, -0.15) is 11.3 Å². The van der Waals surface area contributed by atoms with Gasteiger partial charge >= 0.3 is 11.9 Å². The van der Waals surface area contributed by atoms with Crippen LogP contribution in [0.25, 0.3) is 0 Å². The molecule has 1 aliphatic heterocycles. The maximum atomic E-state index is 14.5. The molecule has 1 aromatic heterocycles. The van der Waals surface area contributed by atoms with Gasteiger partial charge in [0.05, 0.1) is 38.5 Å². The summed E-state index contributed by atoms with van der Waals surface area (Å²) in [6.45, 7) is 0. The van der Waals surface area contributed by atoms with Gasteiger partial charge in [-0.1, -0.05) is 18.2 Å². The first kappa shape index (κ1) is 27.1. The van der Waals surface area contributed by atoms with E-state index in [1.54, 1.807) is 43.5 Å². The van der Waals surface area contributed by atoms with Crippen LogP contribution in [0.3, 0.4) is 0 Å². The number of nitrogens with zero attached hydrogens (tertiary/aromatic N) is 1. The summed E-state index contributed by atoms with van der Waals surface area (Å²) < 4.78 is 30.0. The molecule has 206 valence electrons. The SMILES string of the molecule is COC(=O)C1=C(N)N(c2cccc(F)c2)C2=C(C(=O)[C@H](C(=O)OC)[C@@H](c3ccc(OC)cc3)C2)[C@@H]1c1ccsc1. The van der Waals surface area contributed by atoms with Crippen molar-refractivity contribution in [3.05, 3.63) is 105 Å². The summed E-state index contributed by atoms with van der Waals surface area (Å²) in [6.07, 6.45) is 0.180. The van der Waals surface area contributed by atoms with Crippen LogP contribution in [0.5, 0.6) is 5.75 Å². The Hall–Kier alpha value is -4.44. The number of benzene rings is 2. The molecule has 8 nitrogen and oxygen atoms in total. The minimum Gasteiger partial charge on any atom is -0.497 e. The van der Waals surface area contributed by atoms with Gasteiger partial charge in [-0.05, 0) is 64.7 Å². The van der Waals surface area contributed by atoms with Gasteiger partial charge in [0.15, 0.2) is 5.78 Å². The van der Waals surface area contributed by atoms with Gasteiger partial charge in [-0.3, -0.25) is 14.5 Å². The van der Waals surface area contributed by atoms with Crippen LogP contribution in [-0.4, -0.2) is 39.1 Å². The normalized spacial score (nSPS) is 20.8. The number of anilines is 1. The van der Waals surface area contributed by atoms with E-state index in [1.165, 1.54) is 48.7 Å². The molecule has 2 aliphatic rings. The molecule has 0 spiro atoms. The molecule has 0 unspecified atom stereocenters. The molecule has 5 rings (SSSR count). The molecule has 40 heavy (non-hydrogen) atoms. The Labute approximate surface area is 234 Å². The van der Waals surface area contributed by atoms with Crippen molar-refractivity contribution in [1.82, 2.24) is 0 Å². The number of halogens is 1. The maximum absolute atomic E-state index is 14.5. The first-order valence-electron chi connectivity index (χ1n) is 12.4. The van der Waals surface area contributed by atoms with E-state index in [4.69, 9.17) is 19.9 Å². The minimum absolute atomic E-state index is 0.0187. The number of hydrogen-bond donors (Lipinski definition) is 1. The maximum Gasteiger partial charge on any atom is 0.338 e. The van der Waals surface area contributed by atoms with Gasteiger partial charge in [0.2, 0.25) is 0 Å². The molecule has 0 saturated carbocycles. The van der Waals surface area contributed by atoms with Crippen LogP contribution in [0.1, 0.15) is 29.4 Å². The zero-order valence-corrected chi connectivity index (χ0v) is 22.9. The first-order valence-corrected chi connectivity index (χ1v) is 13.4. The van der Waals surface area contributed by atoms with Gasteiger partial charge in [0.25, 0.3) is 0 Å². The summed E-state index contributed by atoms with van der Waals surface area (Å²) in [6, 6.07) is 14.6. The van der Waals surface area contributed by atoms with E-state index in [0.29, 0.717) is 28.3 Å². The van der Waals surface area contributed by atoms with Crippen molar-refractivity contribution in [2.45, 2.75) is 18.3 Å². The van der Waals surface area contributed by atoms with Crippen LogP contribution in [0, 0.1) is 11.7 Å². The second-order valence-electron chi connectivity index (χ2n) is 9.40. The third-order valence-corrected chi connectivity index (χ3v) is 8.09. The fourth-order valence-electron chi connectivity index (χ4n) is 5.58. The van der Waals surface area contributed by atoms with Crippen LogP contribution in [0.4, 0.5) is 10.1 Å². The zero-order chi connectivity index (χ0) is 28.6. The van der Waals surface area contributed by atoms with Crippen LogP contribution < -0.4 is 15.4 Å². The molecule has 0 radical (unpaired) electrons. The molecule has 0 bridgehead atoms. The number of carbonyl (C=O) groups excluding carboxylic acids is 3. The van der Waals surface area contributed by atoms with Crippen molar-refractivity contribution >= 4 is 34.7 Å². The van der Waals surface area contributed by atoms with Crippen molar-refractivity contribution in [2.75, 3.05) is 26.2 Å². The molecular weight excluding hydrogens is 535 g/mol. The lowest BCUT2D eigenvalue weighted by molar-refractivity contribution is -0.150. The second-order valence-corrected chi connectivity index (χ2v) is 10.2. The van der Waals surface area contributed by atoms with Gasteiger partial charge in [-0.25, -0.2) is 9.18 Å². The third-order valence-electron chi connectivity index (χ3n) is 7.39. The average Bonchev–Trinajstić information content (AvgIpc) is 3.50. The number of methoxy groups -OCH3 is 3. The van der Waals surface area contributed by atoms with Crippen LogP contribution in [-0.2, 0) is 23.9 Å². The lowest BCUT2D eigenvalue weighted by Gasteiger charge is -2.43. The molecular formula is C30H27FN2O6S. The monoisotopic (exact) mass is 562 g/mol. The molecule has 10 heteroatoms. The molecule has 3 aromatic rings. The van der Waals surface area contributed by atoms with Crippen LogP contribution >= 0.6 is 11.3 Å². The molecule has 2 aromatic carbocycles. The quantitative estimate of drug-likeness (QED) is 0.342. The molecule has 0 fully saturated rings. The Balaban J connectivity index is 1.79. The summed E-state index contributed by atoms with van der Waals surface area (Å²) in [7, 11) is 4.01. The van der Waals surface area contributed by atoms with E-state index in [0.717, 1.165) is 0 Å². The number of Topliss-reactive ketones (excluding diaryl/α,β-unsaturated/α-hetero) is 1. The number of thiophene rings is 1. The van der Waals surface area contributed by atoms with E-state index in [2.05, 4.69) is 0 Å². The summed E-state index contributed by atoms with van der Waals surface area (Å²) in [5, 5.41) is 3.64. The number of ketones is 1. The van der Waals surface area contributed by atoms with Crippen molar-refractivity contribution < 1.29 is 33.0 Å². The fourth-order valence-corrected chi connectivity index (χ4v) is 6.27. The van der Waals surface area contributed by atoms with Gasteiger partial charge in [-0.15, -0.1) is 0 Å². The number of allylic oxidation sites excluding steroid dienone is 2. The summed E-state index contributed by atoms with van der Waals surface area (Å²) in [5.41, 5.74) is 9.12. The predicted molar refractivity (Wildman–Crippen MR) is 147 cm³/mol. The minimum atomic E-state index is -1.19. The lowest BCUT2D eigenvalue weighted by atomic mass is 9.67. The Morgan fingerprint density at radius 3 is 2.38 bits per heavy atom. The number of hydrogen-bond acceptors (Lipinski definition) is 9. The topological polar surface area (TPSA) is 108 Å². The van der Waals surface area contributed by atoms with Gasteiger partial charge in [0.1, 0.15) is 23.3 Å². The smallest absolute Gasteiger partial charge is 0.338 e. The van der Waals surface area contributed by atoms with Crippen LogP contribution in [0.2, 0.25) is 0 Å². The Bertz CT molecular complexity index is 1530. The highest BCUT2D eigenvalue weighted by Crippen LogP contribution is 2.51. The Morgan fingerprint density at radius 1 is 1.02 bits per heavy atom. The average molecular weight is 563 g/mol. The van der Waals surface area contributed by atoms with E-state index < -0.39 is 41.3 Å². The summed E-state index contributed by atoms with van der Waals surface area (Å²) in [4.78, 5) is 42.4. The standard InChI is InChI=1S/C30H27FN2O6S/c1-37-20-9-7-16(8-10-20)21-14-22-25(27(34)24(21)29(35)38-2)23(17-11-12-40-15-17)26(30(36)39-3)28(32)33(22)19-6-4-5-18(31)13-19/h4-13,15,21,23-24H,14,32H2,1-3H3/t21-,23+,24-/m1/s1. The van der Waals surface area contributed by atoms with Crippen molar-refractivity contribution in [1.29, 1.82) is 0 Å². The van der Waals surface area contributed by atoms with Crippen LogP contribution in [0.15, 0.2) is 88.0 Å². The first-order chi connectivity index (χ1) is 19.3. The van der Waals surface area contributed by atoms with Gasteiger partial charge in [0, 0.05) is 17.2 Å². The predicted octanol–water partition coefficient (Wildman–Crippen LogP) is 4.64. The largest absolute Gasteiger partial charge is 0.497 e. The second kappa shape index (κ2) is 11.0. The highest BCUT2D eigenvalue weighted by atomic mass is 32.1. The number of ether oxygens (including phenoxy) is 3. The number of rotatable bonds is 6. The highest BCUT2D eigenvalue weighted by Gasteiger charge is 2.51. The molecule has 2 N–H and O–H groups in total. The zero-order valence-electron chi connectivity index (χ0n) is 22.1. The van der Waals surface area contributed by atoms with E-state index in [9.17, 15) is 18.8 Å².